The maximum Gasteiger partial charge on any atom is 0.261 e. The number of amides is 3. The van der Waals surface area contributed by atoms with Gasteiger partial charge in [-0.2, -0.15) is 4.72 Å². The minimum absolute atomic E-state index is 0.0563. The lowest BCUT2D eigenvalue weighted by atomic mass is 10.1. The topological polar surface area (TPSA) is 158 Å². The molecule has 13 heteroatoms. The zero-order chi connectivity index (χ0) is 30.8. The van der Waals surface area contributed by atoms with Crippen molar-refractivity contribution in [1.29, 1.82) is 0 Å². The highest BCUT2D eigenvalue weighted by Crippen LogP contribution is 2.24. The Balaban J connectivity index is 1.16. The SMILES string of the molecule is O=C1c2ccccc2C(=O)N1CCCCS(=O)(=O)C[C@@H]1CCCN1C(=O)[C@@H](CO)NS(=O)(=O)c1ccc2ccccc2c1. The third-order valence-electron chi connectivity index (χ3n) is 7.88. The molecule has 2 aliphatic heterocycles. The molecule has 1 fully saturated rings. The Labute approximate surface area is 250 Å². The molecular formula is C30H33N3O8S2. The van der Waals surface area contributed by atoms with Gasteiger partial charge in [0.25, 0.3) is 11.8 Å². The second-order valence-electron chi connectivity index (χ2n) is 10.8. The minimum Gasteiger partial charge on any atom is -0.394 e. The van der Waals surface area contributed by atoms with E-state index >= 15 is 0 Å². The van der Waals surface area contributed by atoms with Crippen molar-refractivity contribution in [2.75, 3.05) is 31.2 Å². The van der Waals surface area contributed by atoms with Crippen LogP contribution in [0.2, 0.25) is 0 Å². The van der Waals surface area contributed by atoms with E-state index in [9.17, 15) is 36.3 Å². The van der Waals surface area contributed by atoms with Gasteiger partial charge in [0.05, 0.1) is 34.1 Å². The van der Waals surface area contributed by atoms with E-state index in [4.69, 9.17) is 0 Å². The van der Waals surface area contributed by atoms with Crippen molar-refractivity contribution < 1.29 is 36.3 Å². The molecule has 3 amide bonds. The van der Waals surface area contributed by atoms with E-state index in [2.05, 4.69) is 4.72 Å². The summed E-state index contributed by atoms with van der Waals surface area (Å²) in [6.07, 6.45) is 1.50. The molecular weight excluding hydrogens is 594 g/mol. The van der Waals surface area contributed by atoms with Gasteiger partial charge in [-0.3, -0.25) is 19.3 Å². The molecule has 0 aromatic heterocycles. The Morgan fingerprint density at radius 3 is 2.23 bits per heavy atom. The van der Waals surface area contributed by atoms with Crippen LogP contribution in [0.25, 0.3) is 10.8 Å². The number of rotatable bonds is 12. The fourth-order valence-electron chi connectivity index (χ4n) is 5.67. The van der Waals surface area contributed by atoms with E-state index in [-0.39, 0.29) is 35.9 Å². The van der Waals surface area contributed by atoms with E-state index in [1.165, 1.54) is 17.0 Å². The summed E-state index contributed by atoms with van der Waals surface area (Å²) in [6, 6.07) is 16.2. The number of aliphatic hydroxyl groups excluding tert-OH is 1. The number of hydrogen-bond acceptors (Lipinski definition) is 8. The van der Waals surface area contributed by atoms with Crippen LogP contribution in [-0.2, 0) is 24.7 Å². The number of carbonyl (C=O) groups excluding carboxylic acids is 3. The molecule has 5 rings (SSSR count). The Hall–Kier alpha value is -3.65. The second kappa shape index (κ2) is 12.5. The van der Waals surface area contributed by atoms with Gasteiger partial charge in [-0.05, 0) is 60.7 Å². The first-order valence-electron chi connectivity index (χ1n) is 14.1. The molecule has 2 N–H and O–H groups in total. The molecule has 0 aliphatic carbocycles. The average molecular weight is 628 g/mol. The molecule has 0 bridgehead atoms. The molecule has 0 radical (unpaired) electrons. The number of unbranched alkanes of at least 4 members (excludes halogenated alkanes) is 1. The first-order chi connectivity index (χ1) is 20.5. The average Bonchev–Trinajstić information content (AvgIpc) is 3.54. The van der Waals surface area contributed by atoms with E-state index < -0.39 is 56.3 Å². The fraction of sp³-hybridized carbons (Fsp3) is 0.367. The highest BCUT2D eigenvalue weighted by molar-refractivity contribution is 7.91. The van der Waals surface area contributed by atoms with E-state index in [1.54, 1.807) is 42.5 Å². The van der Waals surface area contributed by atoms with Crippen molar-refractivity contribution >= 4 is 48.4 Å². The van der Waals surface area contributed by atoms with Gasteiger partial charge in [-0.15, -0.1) is 0 Å². The van der Waals surface area contributed by atoms with Crippen molar-refractivity contribution in [3.05, 3.63) is 77.9 Å². The third-order valence-corrected chi connectivity index (χ3v) is 11.2. The quantitative estimate of drug-likeness (QED) is 0.228. The molecule has 0 saturated carbocycles. The summed E-state index contributed by atoms with van der Waals surface area (Å²) in [5.41, 5.74) is 0.679. The number of nitrogens with one attached hydrogen (secondary N) is 1. The highest BCUT2D eigenvalue weighted by Gasteiger charge is 2.38. The maximum absolute atomic E-state index is 13.3. The highest BCUT2D eigenvalue weighted by atomic mass is 32.2. The number of likely N-dealkylation sites (tertiary alicyclic amines) is 1. The Morgan fingerprint density at radius 1 is 0.907 bits per heavy atom. The monoisotopic (exact) mass is 627 g/mol. The van der Waals surface area contributed by atoms with Crippen molar-refractivity contribution in [2.24, 2.45) is 0 Å². The van der Waals surface area contributed by atoms with Crippen LogP contribution < -0.4 is 4.72 Å². The van der Waals surface area contributed by atoms with E-state index in [0.717, 1.165) is 10.3 Å². The van der Waals surface area contributed by atoms with Crippen LogP contribution in [-0.4, -0.2) is 92.7 Å². The van der Waals surface area contributed by atoms with Crippen LogP contribution in [0.3, 0.4) is 0 Å². The molecule has 1 saturated heterocycles. The summed E-state index contributed by atoms with van der Waals surface area (Å²) in [5, 5.41) is 11.5. The molecule has 43 heavy (non-hydrogen) atoms. The molecule has 2 atom stereocenters. The number of hydrogen-bond donors (Lipinski definition) is 2. The van der Waals surface area contributed by atoms with Crippen LogP contribution in [0.5, 0.6) is 0 Å². The minimum atomic E-state index is -4.17. The zero-order valence-electron chi connectivity index (χ0n) is 23.4. The lowest BCUT2D eigenvalue weighted by molar-refractivity contribution is -0.134. The Kier molecular flexibility index (Phi) is 8.97. The Morgan fingerprint density at radius 2 is 1.56 bits per heavy atom. The molecule has 11 nitrogen and oxygen atoms in total. The number of carbonyl (C=O) groups is 3. The summed E-state index contributed by atoms with van der Waals surface area (Å²) in [6.45, 7) is -0.447. The van der Waals surface area contributed by atoms with Crippen LogP contribution in [0.1, 0.15) is 46.4 Å². The van der Waals surface area contributed by atoms with Gasteiger partial charge in [-0.1, -0.05) is 42.5 Å². The lowest BCUT2D eigenvalue weighted by Crippen LogP contribution is -2.52. The number of benzene rings is 3. The Bertz CT molecular complexity index is 1740. The smallest absolute Gasteiger partial charge is 0.261 e. The number of aliphatic hydroxyl groups is 1. The summed E-state index contributed by atoms with van der Waals surface area (Å²) < 4.78 is 54.4. The summed E-state index contributed by atoms with van der Waals surface area (Å²) in [4.78, 5) is 40.8. The number of sulfone groups is 1. The first kappa shape index (κ1) is 30.8. The second-order valence-corrected chi connectivity index (χ2v) is 14.8. The zero-order valence-corrected chi connectivity index (χ0v) is 25.0. The van der Waals surface area contributed by atoms with E-state index in [0.29, 0.717) is 35.8 Å². The number of imide groups is 1. The molecule has 0 unspecified atom stereocenters. The molecule has 228 valence electrons. The largest absolute Gasteiger partial charge is 0.394 e. The van der Waals surface area contributed by atoms with Crippen molar-refractivity contribution in [3.8, 4) is 0 Å². The van der Waals surface area contributed by atoms with Gasteiger partial charge >= 0.3 is 0 Å². The molecule has 0 spiro atoms. The molecule has 3 aromatic rings. The van der Waals surface area contributed by atoms with Gasteiger partial charge in [-0.25, -0.2) is 16.8 Å². The summed E-state index contributed by atoms with van der Waals surface area (Å²) in [5.74, 6) is -1.96. The summed E-state index contributed by atoms with van der Waals surface area (Å²) in [7, 11) is -7.79. The van der Waals surface area contributed by atoms with Crippen LogP contribution in [0.15, 0.2) is 71.6 Å². The van der Waals surface area contributed by atoms with Crippen LogP contribution in [0.4, 0.5) is 0 Å². The normalized spacial score (nSPS) is 17.9. The number of fused-ring (bicyclic) bond motifs is 2. The molecule has 2 heterocycles. The van der Waals surface area contributed by atoms with Gasteiger partial charge in [0.15, 0.2) is 9.84 Å². The maximum atomic E-state index is 13.3. The van der Waals surface area contributed by atoms with Crippen molar-refractivity contribution in [3.63, 3.8) is 0 Å². The predicted octanol–water partition coefficient (Wildman–Crippen LogP) is 1.96. The fourth-order valence-corrected chi connectivity index (χ4v) is 8.62. The van der Waals surface area contributed by atoms with Gasteiger partial charge in [0, 0.05) is 19.1 Å². The third kappa shape index (κ3) is 6.64. The van der Waals surface area contributed by atoms with Crippen molar-refractivity contribution in [2.45, 2.75) is 42.7 Å². The van der Waals surface area contributed by atoms with Crippen molar-refractivity contribution in [1.82, 2.24) is 14.5 Å². The molecule has 2 aliphatic rings. The van der Waals surface area contributed by atoms with Gasteiger partial charge in [0.1, 0.15) is 6.04 Å². The summed E-state index contributed by atoms with van der Waals surface area (Å²) >= 11 is 0. The number of nitrogens with zero attached hydrogens (tertiary/aromatic N) is 2. The number of sulfonamides is 1. The predicted molar refractivity (Wildman–Crippen MR) is 160 cm³/mol. The van der Waals surface area contributed by atoms with Gasteiger partial charge in [0.2, 0.25) is 15.9 Å². The first-order valence-corrected chi connectivity index (χ1v) is 17.4. The van der Waals surface area contributed by atoms with Crippen LogP contribution in [0, 0.1) is 0 Å². The molecule has 3 aromatic carbocycles. The van der Waals surface area contributed by atoms with Gasteiger partial charge < -0.3 is 10.0 Å². The standard InChI is InChI=1S/C30H33N3O8S2/c34-19-27(31-43(40,41)24-14-13-21-8-1-2-9-22(21)18-24)30(37)32-16-7-10-23(32)20-42(38,39)17-6-5-15-33-28(35)25-11-3-4-12-26(25)29(33)36/h1-4,8-9,11-14,18,23,27,31,34H,5-7,10,15-17,19-20H2/t23-,27+/m0/s1. The van der Waals surface area contributed by atoms with Crippen LogP contribution >= 0.6 is 0 Å². The van der Waals surface area contributed by atoms with E-state index in [1.807, 2.05) is 12.1 Å². The lowest BCUT2D eigenvalue weighted by Gasteiger charge is -2.28.